The van der Waals surface area contributed by atoms with Crippen molar-refractivity contribution in [2.45, 2.75) is 13.2 Å². The molecule has 0 amide bonds. The summed E-state index contributed by atoms with van der Waals surface area (Å²) in [4.78, 5) is 0. The first kappa shape index (κ1) is 11.0. The van der Waals surface area contributed by atoms with Gasteiger partial charge in [0.05, 0.1) is 6.26 Å². The first-order chi connectivity index (χ1) is 7.78. The van der Waals surface area contributed by atoms with Gasteiger partial charge in [0.25, 0.3) is 0 Å². The number of benzene rings is 1. The van der Waals surface area contributed by atoms with Crippen molar-refractivity contribution >= 4 is 11.6 Å². The van der Waals surface area contributed by atoms with Crippen LogP contribution in [0.2, 0.25) is 5.02 Å². The predicted octanol–water partition coefficient (Wildman–Crippen LogP) is 2.97. The lowest BCUT2D eigenvalue weighted by Crippen LogP contribution is -1.95. The Labute approximate surface area is 98.8 Å². The number of nitrogens with two attached hydrogens (primary N) is 1. The van der Waals surface area contributed by atoms with E-state index in [9.17, 15) is 0 Å². The molecule has 0 saturated carbocycles. The smallest absolute Gasteiger partial charge is 0.146 e. The Morgan fingerprint density at radius 1 is 1.31 bits per heavy atom. The molecule has 4 heteroatoms. The number of ether oxygens (including phenoxy) is 1. The minimum atomic E-state index is 0.375. The fourth-order valence-corrected chi connectivity index (χ4v) is 1.50. The summed E-state index contributed by atoms with van der Waals surface area (Å²) in [5, 5.41) is 0.652. The maximum Gasteiger partial charge on any atom is 0.146 e. The Hall–Kier alpha value is -1.45. The number of halogens is 1. The second-order valence-corrected chi connectivity index (χ2v) is 3.81. The topological polar surface area (TPSA) is 48.4 Å². The molecule has 0 bridgehead atoms. The van der Waals surface area contributed by atoms with Crippen LogP contribution in [0.1, 0.15) is 11.3 Å². The van der Waals surface area contributed by atoms with Crippen LogP contribution in [-0.4, -0.2) is 0 Å². The lowest BCUT2D eigenvalue weighted by Gasteiger charge is -2.03. The van der Waals surface area contributed by atoms with Crippen LogP contribution >= 0.6 is 11.6 Å². The van der Waals surface area contributed by atoms with Gasteiger partial charge >= 0.3 is 0 Å². The van der Waals surface area contributed by atoms with Crippen LogP contribution in [-0.2, 0) is 13.2 Å². The molecule has 16 heavy (non-hydrogen) atoms. The summed E-state index contributed by atoms with van der Waals surface area (Å²) in [6, 6.07) is 9.12. The van der Waals surface area contributed by atoms with Crippen molar-refractivity contribution in [2.24, 2.45) is 5.73 Å². The average Bonchev–Trinajstić information content (AvgIpc) is 2.74. The summed E-state index contributed by atoms with van der Waals surface area (Å²) >= 11 is 5.83. The van der Waals surface area contributed by atoms with Crippen molar-refractivity contribution < 1.29 is 9.15 Å². The van der Waals surface area contributed by atoms with Gasteiger partial charge in [-0.15, -0.1) is 0 Å². The van der Waals surface area contributed by atoms with Gasteiger partial charge in [0.1, 0.15) is 18.1 Å². The summed E-state index contributed by atoms with van der Waals surface area (Å²) in [6.07, 6.45) is 1.64. The minimum Gasteiger partial charge on any atom is -0.486 e. The van der Waals surface area contributed by atoms with E-state index in [0.29, 0.717) is 18.2 Å². The van der Waals surface area contributed by atoms with Crippen molar-refractivity contribution in [3.05, 3.63) is 52.9 Å². The highest BCUT2D eigenvalue weighted by atomic mass is 35.5. The highest BCUT2D eigenvalue weighted by molar-refractivity contribution is 6.30. The van der Waals surface area contributed by atoms with E-state index in [4.69, 9.17) is 26.5 Å². The summed E-state index contributed by atoms with van der Waals surface area (Å²) in [5.41, 5.74) is 6.43. The molecule has 0 unspecified atom stereocenters. The molecule has 0 aliphatic rings. The van der Waals surface area contributed by atoms with Crippen molar-refractivity contribution in [2.75, 3.05) is 0 Å². The molecule has 0 radical (unpaired) electrons. The molecule has 1 aromatic carbocycles. The van der Waals surface area contributed by atoms with E-state index in [-0.39, 0.29) is 0 Å². The molecule has 1 aromatic heterocycles. The molecule has 0 aliphatic heterocycles. The third-order valence-corrected chi connectivity index (χ3v) is 2.36. The Morgan fingerprint density at radius 2 is 2.19 bits per heavy atom. The standard InChI is InChI=1S/C12H12ClNO2/c13-10-2-1-3-11(5-10)16-8-12-4-9(6-14)7-15-12/h1-5,7H,6,8,14H2. The van der Waals surface area contributed by atoms with Crippen molar-refractivity contribution in [3.8, 4) is 5.75 Å². The van der Waals surface area contributed by atoms with Crippen LogP contribution < -0.4 is 10.5 Å². The summed E-state index contributed by atoms with van der Waals surface area (Å²) < 4.78 is 10.8. The molecule has 0 atom stereocenters. The highest BCUT2D eigenvalue weighted by Gasteiger charge is 2.01. The van der Waals surface area contributed by atoms with Gasteiger partial charge in [-0.1, -0.05) is 17.7 Å². The molecule has 2 rings (SSSR count). The maximum absolute atomic E-state index is 5.83. The molecule has 0 saturated heterocycles. The third kappa shape index (κ3) is 2.78. The van der Waals surface area contributed by atoms with Gasteiger partial charge in [0.15, 0.2) is 0 Å². The zero-order valence-corrected chi connectivity index (χ0v) is 9.41. The van der Waals surface area contributed by atoms with Crippen LogP contribution in [0.4, 0.5) is 0 Å². The van der Waals surface area contributed by atoms with E-state index >= 15 is 0 Å². The first-order valence-corrected chi connectivity index (χ1v) is 5.30. The normalized spacial score (nSPS) is 10.4. The number of hydrogen-bond acceptors (Lipinski definition) is 3. The average molecular weight is 238 g/mol. The quantitative estimate of drug-likeness (QED) is 0.889. The fraction of sp³-hybridized carbons (Fsp3) is 0.167. The number of hydrogen-bond donors (Lipinski definition) is 1. The van der Waals surface area contributed by atoms with E-state index in [2.05, 4.69) is 0 Å². The zero-order chi connectivity index (χ0) is 11.4. The van der Waals surface area contributed by atoms with Gasteiger partial charge in [-0.05, 0) is 24.3 Å². The number of furan rings is 1. The molecule has 2 aromatic rings. The van der Waals surface area contributed by atoms with E-state index < -0.39 is 0 Å². The van der Waals surface area contributed by atoms with Crippen LogP contribution in [0.3, 0.4) is 0 Å². The van der Waals surface area contributed by atoms with Gasteiger partial charge in [-0.3, -0.25) is 0 Å². The molecule has 1 heterocycles. The van der Waals surface area contributed by atoms with Crippen LogP contribution in [0.5, 0.6) is 5.75 Å². The van der Waals surface area contributed by atoms with Crippen molar-refractivity contribution in [1.82, 2.24) is 0 Å². The second kappa shape index (κ2) is 5.05. The van der Waals surface area contributed by atoms with E-state index in [1.807, 2.05) is 18.2 Å². The van der Waals surface area contributed by atoms with Crippen LogP contribution in [0, 0.1) is 0 Å². The Kier molecular flexibility index (Phi) is 3.49. The van der Waals surface area contributed by atoms with E-state index in [1.54, 1.807) is 18.4 Å². The Morgan fingerprint density at radius 3 is 2.88 bits per heavy atom. The number of rotatable bonds is 4. The monoisotopic (exact) mass is 237 g/mol. The SMILES string of the molecule is NCc1coc(COc2cccc(Cl)c2)c1. The van der Waals surface area contributed by atoms with Crippen molar-refractivity contribution in [3.63, 3.8) is 0 Å². The fourth-order valence-electron chi connectivity index (χ4n) is 1.32. The Balaban J connectivity index is 1.96. The Bertz CT molecular complexity index is 468. The van der Waals surface area contributed by atoms with Gasteiger partial charge in [-0.25, -0.2) is 0 Å². The zero-order valence-electron chi connectivity index (χ0n) is 8.65. The molecule has 0 fully saturated rings. The van der Waals surface area contributed by atoms with Crippen molar-refractivity contribution in [1.29, 1.82) is 0 Å². The molecule has 84 valence electrons. The lowest BCUT2D eigenvalue weighted by atomic mass is 10.3. The molecular weight excluding hydrogens is 226 g/mol. The molecule has 2 N–H and O–H groups in total. The molecule has 0 aliphatic carbocycles. The third-order valence-electron chi connectivity index (χ3n) is 2.12. The predicted molar refractivity (Wildman–Crippen MR) is 62.4 cm³/mol. The van der Waals surface area contributed by atoms with Gasteiger partial charge in [0.2, 0.25) is 0 Å². The largest absolute Gasteiger partial charge is 0.486 e. The lowest BCUT2D eigenvalue weighted by molar-refractivity contribution is 0.270. The highest BCUT2D eigenvalue weighted by Crippen LogP contribution is 2.18. The molecule has 3 nitrogen and oxygen atoms in total. The summed E-state index contributed by atoms with van der Waals surface area (Å²) in [7, 11) is 0. The van der Waals surface area contributed by atoms with E-state index in [1.165, 1.54) is 0 Å². The van der Waals surface area contributed by atoms with Crippen LogP contribution in [0.15, 0.2) is 41.0 Å². The maximum atomic E-state index is 5.83. The van der Waals surface area contributed by atoms with Gasteiger partial charge in [-0.2, -0.15) is 0 Å². The molecular formula is C12H12ClNO2. The summed E-state index contributed by atoms with van der Waals surface area (Å²) in [5.74, 6) is 1.47. The van der Waals surface area contributed by atoms with E-state index in [0.717, 1.165) is 17.1 Å². The van der Waals surface area contributed by atoms with Gasteiger partial charge in [0, 0.05) is 17.1 Å². The van der Waals surface area contributed by atoms with Crippen LogP contribution in [0.25, 0.3) is 0 Å². The second-order valence-electron chi connectivity index (χ2n) is 3.37. The molecule has 0 spiro atoms. The first-order valence-electron chi connectivity index (χ1n) is 4.92. The minimum absolute atomic E-state index is 0.375. The summed E-state index contributed by atoms with van der Waals surface area (Å²) in [6.45, 7) is 0.848. The van der Waals surface area contributed by atoms with Gasteiger partial charge < -0.3 is 14.9 Å².